The summed E-state index contributed by atoms with van der Waals surface area (Å²) in [7, 11) is 1.86. The van der Waals surface area contributed by atoms with Crippen molar-refractivity contribution in [3.63, 3.8) is 0 Å². The fourth-order valence-electron chi connectivity index (χ4n) is 2.35. The second kappa shape index (κ2) is 5.79. The maximum Gasteiger partial charge on any atom is 0.253 e. The van der Waals surface area contributed by atoms with Gasteiger partial charge in [-0.3, -0.25) is 4.79 Å². The number of rotatable bonds is 5. The molecule has 1 saturated carbocycles. The van der Waals surface area contributed by atoms with E-state index in [0.717, 1.165) is 18.2 Å². The number of hydrogen-bond acceptors (Lipinski definition) is 4. The van der Waals surface area contributed by atoms with Gasteiger partial charge in [0, 0.05) is 24.8 Å². The zero-order chi connectivity index (χ0) is 14.9. The highest BCUT2D eigenvalue weighted by molar-refractivity contribution is 5.94. The standard InChI is InChI=1S/C15H24N4O/c1-9(2)13-6-11(7-14(17-13)18-16)15(20)19(4)8-12-5-10(12)3/h6-7,9-10,12H,5,8,16H2,1-4H3,(H,17,18). The van der Waals surface area contributed by atoms with Crippen LogP contribution in [-0.2, 0) is 0 Å². The predicted molar refractivity (Wildman–Crippen MR) is 80.4 cm³/mol. The molecule has 2 atom stereocenters. The van der Waals surface area contributed by atoms with Crippen LogP contribution in [0, 0.1) is 11.8 Å². The Labute approximate surface area is 120 Å². The molecule has 1 heterocycles. The normalized spacial score (nSPS) is 20.9. The van der Waals surface area contributed by atoms with Crippen LogP contribution >= 0.6 is 0 Å². The van der Waals surface area contributed by atoms with Crippen LogP contribution in [0.25, 0.3) is 0 Å². The van der Waals surface area contributed by atoms with Crippen molar-refractivity contribution in [1.29, 1.82) is 0 Å². The third-order valence-corrected chi connectivity index (χ3v) is 3.96. The molecule has 2 rings (SSSR count). The lowest BCUT2D eigenvalue weighted by molar-refractivity contribution is 0.0787. The minimum absolute atomic E-state index is 0.0323. The van der Waals surface area contributed by atoms with Crippen LogP contribution in [0.3, 0.4) is 0 Å². The summed E-state index contributed by atoms with van der Waals surface area (Å²) in [4.78, 5) is 18.7. The van der Waals surface area contributed by atoms with Gasteiger partial charge >= 0.3 is 0 Å². The first-order valence-corrected chi connectivity index (χ1v) is 7.16. The number of anilines is 1. The highest BCUT2D eigenvalue weighted by Gasteiger charge is 2.34. The molecule has 0 aromatic carbocycles. The lowest BCUT2D eigenvalue weighted by atomic mass is 10.1. The van der Waals surface area contributed by atoms with E-state index < -0.39 is 0 Å². The lowest BCUT2D eigenvalue weighted by Gasteiger charge is -2.18. The molecule has 110 valence electrons. The Morgan fingerprint density at radius 3 is 2.70 bits per heavy atom. The fourth-order valence-corrected chi connectivity index (χ4v) is 2.35. The minimum atomic E-state index is 0.0323. The summed E-state index contributed by atoms with van der Waals surface area (Å²) in [6, 6.07) is 3.57. The summed E-state index contributed by atoms with van der Waals surface area (Å²) in [5, 5.41) is 0. The first kappa shape index (κ1) is 14.8. The summed E-state index contributed by atoms with van der Waals surface area (Å²) in [5.74, 6) is 7.66. The first-order valence-electron chi connectivity index (χ1n) is 7.16. The van der Waals surface area contributed by atoms with E-state index in [1.807, 2.05) is 27.0 Å². The predicted octanol–water partition coefficient (Wildman–Crippen LogP) is 2.22. The Hall–Kier alpha value is -1.62. The van der Waals surface area contributed by atoms with Gasteiger partial charge in [0.2, 0.25) is 0 Å². The molecule has 20 heavy (non-hydrogen) atoms. The van der Waals surface area contributed by atoms with Crippen molar-refractivity contribution in [2.45, 2.75) is 33.1 Å². The van der Waals surface area contributed by atoms with Gasteiger partial charge in [0.1, 0.15) is 5.82 Å². The smallest absolute Gasteiger partial charge is 0.253 e. The van der Waals surface area contributed by atoms with Crippen molar-refractivity contribution in [2.75, 3.05) is 19.0 Å². The molecule has 5 heteroatoms. The van der Waals surface area contributed by atoms with Crippen molar-refractivity contribution >= 4 is 11.7 Å². The van der Waals surface area contributed by atoms with Crippen molar-refractivity contribution in [1.82, 2.24) is 9.88 Å². The molecule has 0 radical (unpaired) electrons. The van der Waals surface area contributed by atoms with Crippen LogP contribution in [0.1, 0.15) is 49.2 Å². The molecule has 3 N–H and O–H groups in total. The van der Waals surface area contributed by atoms with Crippen LogP contribution in [0.4, 0.5) is 5.82 Å². The third kappa shape index (κ3) is 3.28. The molecule has 1 fully saturated rings. The van der Waals surface area contributed by atoms with Gasteiger partial charge in [0.05, 0.1) is 0 Å². The summed E-state index contributed by atoms with van der Waals surface area (Å²) >= 11 is 0. The second-order valence-electron chi connectivity index (χ2n) is 6.12. The molecule has 1 amide bonds. The highest BCUT2D eigenvalue weighted by Crippen LogP contribution is 2.38. The van der Waals surface area contributed by atoms with E-state index >= 15 is 0 Å². The average molecular weight is 276 g/mol. The number of nitrogens with two attached hydrogens (primary N) is 1. The number of carbonyl (C=O) groups excluding carboxylic acids is 1. The highest BCUT2D eigenvalue weighted by atomic mass is 16.2. The first-order chi connectivity index (χ1) is 9.42. The van der Waals surface area contributed by atoms with Gasteiger partial charge in [0.15, 0.2) is 0 Å². The van der Waals surface area contributed by atoms with Crippen molar-refractivity contribution in [3.8, 4) is 0 Å². The van der Waals surface area contributed by atoms with Gasteiger partial charge in [-0.1, -0.05) is 20.8 Å². The van der Waals surface area contributed by atoms with Crippen LogP contribution in [0.2, 0.25) is 0 Å². The van der Waals surface area contributed by atoms with Gasteiger partial charge in [-0.2, -0.15) is 0 Å². The Kier molecular flexibility index (Phi) is 4.28. The van der Waals surface area contributed by atoms with Gasteiger partial charge in [0.25, 0.3) is 5.91 Å². The van der Waals surface area contributed by atoms with Crippen molar-refractivity contribution < 1.29 is 4.79 Å². The summed E-state index contributed by atoms with van der Waals surface area (Å²) < 4.78 is 0. The van der Waals surface area contributed by atoms with Gasteiger partial charge in [-0.15, -0.1) is 0 Å². The van der Waals surface area contributed by atoms with Crippen LogP contribution in [0.15, 0.2) is 12.1 Å². The van der Waals surface area contributed by atoms with Gasteiger partial charge < -0.3 is 10.3 Å². The molecule has 1 aliphatic carbocycles. The summed E-state index contributed by atoms with van der Waals surface area (Å²) in [5.41, 5.74) is 4.05. The number of nitrogen functional groups attached to an aromatic ring is 1. The lowest BCUT2D eigenvalue weighted by Crippen LogP contribution is -2.29. The molecule has 0 spiro atoms. The van der Waals surface area contributed by atoms with Crippen LogP contribution in [-0.4, -0.2) is 29.4 Å². The van der Waals surface area contributed by atoms with Gasteiger partial charge in [-0.05, 0) is 36.3 Å². The number of carbonyl (C=O) groups is 1. The van der Waals surface area contributed by atoms with E-state index in [-0.39, 0.29) is 11.8 Å². The topological polar surface area (TPSA) is 71.2 Å². The number of nitrogens with one attached hydrogen (secondary N) is 1. The van der Waals surface area contributed by atoms with Crippen LogP contribution in [0.5, 0.6) is 0 Å². The number of amides is 1. The molecular weight excluding hydrogens is 252 g/mol. The average Bonchev–Trinajstić information content (AvgIpc) is 3.12. The molecule has 0 bridgehead atoms. The third-order valence-electron chi connectivity index (χ3n) is 3.96. The molecule has 0 aliphatic heterocycles. The molecule has 0 saturated heterocycles. The SMILES string of the molecule is CC(C)c1cc(C(=O)N(C)CC2CC2C)cc(NN)n1. The molecule has 1 aliphatic rings. The molecule has 2 unspecified atom stereocenters. The van der Waals surface area contributed by atoms with E-state index in [1.54, 1.807) is 11.0 Å². The largest absolute Gasteiger partial charge is 0.341 e. The fraction of sp³-hybridized carbons (Fsp3) is 0.600. The van der Waals surface area contributed by atoms with E-state index in [4.69, 9.17) is 5.84 Å². The zero-order valence-corrected chi connectivity index (χ0v) is 12.7. The maximum atomic E-state index is 12.5. The van der Waals surface area contributed by atoms with E-state index in [9.17, 15) is 4.79 Å². The Balaban J connectivity index is 2.17. The monoisotopic (exact) mass is 276 g/mol. The number of nitrogens with zero attached hydrogens (tertiary/aromatic N) is 2. The Morgan fingerprint density at radius 2 is 2.20 bits per heavy atom. The second-order valence-corrected chi connectivity index (χ2v) is 6.12. The minimum Gasteiger partial charge on any atom is -0.341 e. The van der Waals surface area contributed by atoms with E-state index in [2.05, 4.69) is 17.3 Å². The molecule has 1 aromatic rings. The van der Waals surface area contributed by atoms with Crippen molar-refractivity contribution in [2.24, 2.45) is 17.7 Å². The molecule has 1 aromatic heterocycles. The molecular formula is C15H24N4O. The van der Waals surface area contributed by atoms with E-state index in [1.165, 1.54) is 6.42 Å². The zero-order valence-electron chi connectivity index (χ0n) is 12.7. The number of pyridine rings is 1. The van der Waals surface area contributed by atoms with Crippen molar-refractivity contribution in [3.05, 3.63) is 23.4 Å². The Bertz CT molecular complexity index is 501. The van der Waals surface area contributed by atoms with E-state index in [0.29, 0.717) is 17.3 Å². The number of hydrazine groups is 1. The number of hydrogen-bond donors (Lipinski definition) is 2. The molecule has 5 nitrogen and oxygen atoms in total. The quantitative estimate of drug-likeness (QED) is 0.639. The van der Waals surface area contributed by atoms with Crippen LogP contribution < -0.4 is 11.3 Å². The number of aromatic nitrogens is 1. The summed E-state index contributed by atoms with van der Waals surface area (Å²) in [6.07, 6.45) is 1.22. The Morgan fingerprint density at radius 1 is 1.55 bits per heavy atom. The summed E-state index contributed by atoms with van der Waals surface area (Å²) in [6.45, 7) is 7.15. The van der Waals surface area contributed by atoms with Gasteiger partial charge in [-0.25, -0.2) is 10.8 Å². The maximum absolute atomic E-state index is 12.5.